The lowest BCUT2D eigenvalue weighted by molar-refractivity contribution is -0.182. The van der Waals surface area contributed by atoms with Crippen LogP contribution < -0.4 is 0 Å². The van der Waals surface area contributed by atoms with E-state index >= 15 is 0 Å². The van der Waals surface area contributed by atoms with Gasteiger partial charge in [-0.2, -0.15) is 0 Å². The maximum absolute atomic E-state index is 11.3. The zero-order valence-corrected chi connectivity index (χ0v) is 8.82. The molecular weight excluding hydrogens is 184 g/mol. The molecule has 1 fully saturated rings. The maximum Gasteiger partial charge on any atom is 0.334 e. The van der Waals surface area contributed by atoms with Crippen molar-refractivity contribution in [1.82, 2.24) is 0 Å². The lowest BCUT2D eigenvalue weighted by Crippen LogP contribution is -2.41. The summed E-state index contributed by atoms with van der Waals surface area (Å²) in [4.78, 5) is 11.3. The summed E-state index contributed by atoms with van der Waals surface area (Å²) in [6, 6.07) is 0. The number of carbonyl (C=O) groups excluding carboxylic acids is 1. The van der Waals surface area contributed by atoms with Gasteiger partial charge in [-0.1, -0.05) is 19.8 Å². The van der Waals surface area contributed by atoms with Crippen molar-refractivity contribution in [1.29, 1.82) is 0 Å². The molecule has 4 nitrogen and oxygen atoms in total. The highest BCUT2D eigenvalue weighted by Crippen LogP contribution is 2.14. The summed E-state index contributed by atoms with van der Waals surface area (Å²) in [5.74, 6) is -0.273. The zero-order valence-electron chi connectivity index (χ0n) is 8.82. The molecule has 0 aliphatic carbocycles. The van der Waals surface area contributed by atoms with Crippen LogP contribution in [0.3, 0.4) is 0 Å². The lowest BCUT2D eigenvalue weighted by atomic mass is 10.1. The summed E-state index contributed by atoms with van der Waals surface area (Å²) in [5.41, 5.74) is 0. The minimum atomic E-state index is -0.408. The van der Waals surface area contributed by atoms with Crippen LogP contribution in [0, 0.1) is 0 Å². The molecule has 0 N–H and O–H groups in total. The van der Waals surface area contributed by atoms with Crippen molar-refractivity contribution in [3.05, 3.63) is 0 Å². The van der Waals surface area contributed by atoms with E-state index in [1.807, 2.05) is 0 Å². The van der Waals surface area contributed by atoms with Gasteiger partial charge in [0.2, 0.25) is 0 Å². The fourth-order valence-corrected chi connectivity index (χ4v) is 1.29. The van der Waals surface area contributed by atoms with Crippen LogP contribution in [0.2, 0.25) is 0 Å². The number of methoxy groups -OCH3 is 1. The first-order valence-corrected chi connectivity index (χ1v) is 5.09. The van der Waals surface area contributed by atoms with Crippen molar-refractivity contribution >= 4 is 5.97 Å². The van der Waals surface area contributed by atoms with Gasteiger partial charge in [-0.15, -0.1) is 0 Å². The van der Waals surface area contributed by atoms with Gasteiger partial charge in [-0.25, -0.2) is 4.79 Å². The van der Waals surface area contributed by atoms with E-state index < -0.39 is 6.10 Å². The van der Waals surface area contributed by atoms with Gasteiger partial charge in [-0.05, 0) is 6.42 Å². The molecule has 1 saturated heterocycles. The summed E-state index contributed by atoms with van der Waals surface area (Å²) < 4.78 is 15.2. The SMILES string of the molecule is CCCCC(OC1COC1)C(=O)OC. The number of esters is 1. The summed E-state index contributed by atoms with van der Waals surface area (Å²) in [6.45, 7) is 3.28. The highest BCUT2D eigenvalue weighted by Gasteiger charge is 2.27. The Morgan fingerprint density at radius 2 is 2.29 bits per heavy atom. The third-order valence-electron chi connectivity index (χ3n) is 2.25. The molecule has 1 unspecified atom stereocenters. The molecule has 1 aliphatic rings. The Hall–Kier alpha value is -0.610. The van der Waals surface area contributed by atoms with E-state index in [0.717, 1.165) is 19.3 Å². The van der Waals surface area contributed by atoms with Crippen molar-refractivity contribution in [3.8, 4) is 0 Å². The first-order chi connectivity index (χ1) is 6.77. The molecule has 0 amide bonds. The monoisotopic (exact) mass is 202 g/mol. The molecule has 1 atom stereocenters. The fourth-order valence-electron chi connectivity index (χ4n) is 1.29. The molecule has 0 aromatic rings. The Bertz CT molecular complexity index is 177. The second-order valence-electron chi connectivity index (χ2n) is 3.45. The predicted octanol–water partition coefficient (Wildman–Crippen LogP) is 1.13. The van der Waals surface area contributed by atoms with E-state index in [-0.39, 0.29) is 12.1 Å². The Labute approximate surface area is 84.5 Å². The van der Waals surface area contributed by atoms with Crippen LogP contribution in [-0.2, 0) is 19.0 Å². The minimum Gasteiger partial charge on any atom is -0.467 e. The predicted molar refractivity (Wildman–Crippen MR) is 51.0 cm³/mol. The molecule has 0 saturated carbocycles. The van der Waals surface area contributed by atoms with Crippen LogP contribution in [0.1, 0.15) is 26.2 Å². The molecule has 0 bridgehead atoms. The van der Waals surface area contributed by atoms with Gasteiger partial charge in [0.05, 0.1) is 20.3 Å². The molecule has 0 aromatic heterocycles. The Morgan fingerprint density at radius 1 is 1.57 bits per heavy atom. The average molecular weight is 202 g/mol. The van der Waals surface area contributed by atoms with Gasteiger partial charge in [-0.3, -0.25) is 0 Å². The molecule has 0 radical (unpaired) electrons. The summed E-state index contributed by atoms with van der Waals surface area (Å²) in [7, 11) is 1.39. The van der Waals surface area contributed by atoms with E-state index in [1.165, 1.54) is 7.11 Å². The number of hydrogen-bond acceptors (Lipinski definition) is 4. The van der Waals surface area contributed by atoms with Crippen molar-refractivity contribution in [2.45, 2.75) is 38.4 Å². The Balaban J connectivity index is 2.30. The van der Waals surface area contributed by atoms with Crippen LogP contribution >= 0.6 is 0 Å². The summed E-state index contributed by atoms with van der Waals surface area (Å²) in [5, 5.41) is 0. The zero-order chi connectivity index (χ0) is 10.4. The number of ether oxygens (including phenoxy) is 3. The van der Waals surface area contributed by atoms with Gasteiger partial charge < -0.3 is 14.2 Å². The van der Waals surface area contributed by atoms with Crippen LogP contribution in [-0.4, -0.2) is 38.5 Å². The third kappa shape index (κ3) is 3.27. The standard InChI is InChI=1S/C10H18O4/c1-3-4-5-9(10(11)12-2)14-8-6-13-7-8/h8-9H,3-7H2,1-2H3. The van der Waals surface area contributed by atoms with Gasteiger partial charge in [0.1, 0.15) is 6.10 Å². The molecule has 4 heteroatoms. The molecule has 1 rings (SSSR count). The highest BCUT2D eigenvalue weighted by atomic mass is 16.6. The lowest BCUT2D eigenvalue weighted by Gasteiger charge is -2.29. The van der Waals surface area contributed by atoms with Crippen molar-refractivity contribution < 1.29 is 19.0 Å². The molecular formula is C10H18O4. The Morgan fingerprint density at radius 3 is 2.71 bits per heavy atom. The maximum atomic E-state index is 11.3. The average Bonchev–Trinajstić information content (AvgIpc) is 2.14. The second-order valence-corrected chi connectivity index (χ2v) is 3.45. The van der Waals surface area contributed by atoms with E-state index in [0.29, 0.717) is 13.2 Å². The first-order valence-electron chi connectivity index (χ1n) is 5.09. The van der Waals surface area contributed by atoms with E-state index in [2.05, 4.69) is 11.7 Å². The van der Waals surface area contributed by atoms with E-state index in [4.69, 9.17) is 9.47 Å². The third-order valence-corrected chi connectivity index (χ3v) is 2.25. The fraction of sp³-hybridized carbons (Fsp3) is 0.900. The molecule has 1 aliphatic heterocycles. The minimum absolute atomic E-state index is 0.0796. The highest BCUT2D eigenvalue weighted by molar-refractivity contribution is 5.74. The number of hydrogen-bond donors (Lipinski definition) is 0. The first kappa shape index (κ1) is 11.5. The molecule has 14 heavy (non-hydrogen) atoms. The van der Waals surface area contributed by atoms with Crippen LogP contribution in [0.15, 0.2) is 0 Å². The second kappa shape index (κ2) is 5.98. The number of carbonyl (C=O) groups is 1. The Kier molecular flexibility index (Phi) is 4.90. The van der Waals surface area contributed by atoms with Crippen molar-refractivity contribution in [2.75, 3.05) is 20.3 Å². The summed E-state index contributed by atoms with van der Waals surface area (Å²) in [6.07, 6.45) is 2.44. The van der Waals surface area contributed by atoms with Crippen LogP contribution in [0.25, 0.3) is 0 Å². The van der Waals surface area contributed by atoms with Crippen molar-refractivity contribution in [2.24, 2.45) is 0 Å². The van der Waals surface area contributed by atoms with Crippen molar-refractivity contribution in [3.63, 3.8) is 0 Å². The largest absolute Gasteiger partial charge is 0.467 e. The molecule has 82 valence electrons. The number of unbranched alkanes of at least 4 members (excludes halogenated alkanes) is 1. The summed E-state index contributed by atoms with van der Waals surface area (Å²) >= 11 is 0. The molecule has 1 heterocycles. The van der Waals surface area contributed by atoms with Crippen LogP contribution in [0.5, 0.6) is 0 Å². The normalized spacial score (nSPS) is 18.7. The molecule has 0 aromatic carbocycles. The topological polar surface area (TPSA) is 44.8 Å². The van der Waals surface area contributed by atoms with Gasteiger partial charge in [0.15, 0.2) is 6.10 Å². The van der Waals surface area contributed by atoms with E-state index in [1.54, 1.807) is 0 Å². The van der Waals surface area contributed by atoms with E-state index in [9.17, 15) is 4.79 Å². The molecule has 0 spiro atoms. The number of rotatable bonds is 6. The quantitative estimate of drug-likeness (QED) is 0.606. The van der Waals surface area contributed by atoms with Crippen LogP contribution in [0.4, 0.5) is 0 Å². The van der Waals surface area contributed by atoms with Gasteiger partial charge in [0.25, 0.3) is 0 Å². The van der Waals surface area contributed by atoms with Gasteiger partial charge >= 0.3 is 5.97 Å². The smallest absolute Gasteiger partial charge is 0.334 e. The van der Waals surface area contributed by atoms with Gasteiger partial charge in [0, 0.05) is 0 Å².